The molecule has 0 spiro atoms. The average molecular weight is 396 g/mol. The Morgan fingerprint density at radius 3 is 2.28 bits per heavy atom. The number of anilines is 1. The van der Waals surface area contributed by atoms with E-state index in [0.29, 0.717) is 5.92 Å². The second-order valence-corrected chi connectivity index (χ2v) is 8.29. The maximum Gasteiger partial charge on any atom is 0.336 e. The van der Waals surface area contributed by atoms with Crippen molar-refractivity contribution in [1.82, 2.24) is 0 Å². The number of ether oxygens (including phenoxy) is 2. The van der Waals surface area contributed by atoms with Gasteiger partial charge in [-0.2, -0.15) is 0 Å². The fourth-order valence-electron chi connectivity index (χ4n) is 4.28. The third-order valence-corrected chi connectivity index (χ3v) is 5.73. The van der Waals surface area contributed by atoms with Gasteiger partial charge in [-0.05, 0) is 56.0 Å². The van der Waals surface area contributed by atoms with Crippen molar-refractivity contribution in [3.05, 3.63) is 60.2 Å². The van der Waals surface area contributed by atoms with Gasteiger partial charge < -0.3 is 14.8 Å². The highest BCUT2D eigenvalue weighted by Crippen LogP contribution is 2.39. The van der Waals surface area contributed by atoms with Gasteiger partial charge in [0, 0.05) is 5.69 Å². The van der Waals surface area contributed by atoms with Gasteiger partial charge in [-0.3, -0.25) is 0 Å². The Balaban J connectivity index is 2.02. The van der Waals surface area contributed by atoms with E-state index in [2.05, 4.69) is 5.32 Å². The number of benzene rings is 2. The number of hydrogen-bond acceptors (Lipinski definition) is 4. The van der Waals surface area contributed by atoms with Gasteiger partial charge in [0.15, 0.2) is 5.54 Å². The molecule has 0 saturated heterocycles. The SMILES string of the molecule is COc1ccc(N[C@](CC2CCCCC2)(C(=O)OC(C)C)c2ccccc2)cc1. The van der Waals surface area contributed by atoms with Crippen LogP contribution in [0.5, 0.6) is 5.75 Å². The number of nitrogens with one attached hydrogen (secondary N) is 1. The molecular formula is C25H33NO3. The van der Waals surface area contributed by atoms with Gasteiger partial charge in [-0.25, -0.2) is 4.79 Å². The maximum absolute atomic E-state index is 13.6. The molecule has 2 aromatic carbocycles. The van der Waals surface area contributed by atoms with Crippen LogP contribution in [0.2, 0.25) is 0 Å². The van der Waals surface area contributed by atoms with Gasteiger partial charge in [0.05, 0.1) is 13.2 Å². The summed E-state index contributed by atoms with van der Waals surface area (Å²) in [6.07, 6.45) is 6.64. The van der Waals surface area contributed by atoms with Crippen LogP contribution in [0.1, 0.15) is 57.9 Å². The molecule has 1 aliphatic carbocycles. The van der Waals surface area contributed by atoms with E-state index in [4.69, 9.17) is 9.47 Å². The zero-order chi connectivity index (χ0) is 20.7. The molecule has 156 valence electrons. The Morgan fingerprint density at radius 2 is 1.69 bits per heavy atom. The first-order chi connectivity index (χ1) is 14.0. The van der Waals surface area contributed by atoms with E-state index in [9.17, 15) is 4.79 Å². The first kappa shape index (κ1) is 21.2. The summed E-state index contributed by atoms with van der Waals surface area (Å²) in [6.45, 7) is 3.81. The fourth-order valence-corrected chi connectivity index (χ4v) is 4.28. The van der Waals surface area contributed by atoms with E-state index in [1.807, 2.05) is 68.4 Å². The highest BCUT2D eigenvalue weighted by molar-refractivity contribution is 5.86. The molecule has 1 N–H and O–H groups in total. The summed E-state index contributed by atoms with van der Waals surface area (Å²) in [5, 5.41) is 3.58. The lowest BCUT2D eigenvalue weighted by Crippen LogP contribution is -2.47. The van der Waals surface area contributed by atoms with E-state index < -0.39 is 5.54 Å². The molecule has 0 unspecified atom stereocenters. The lowest BCUT2D eigenvalue weighted by atomic mass is 9.75. The molecule has 0 bridgehead atoms. The predicted octanol–water partition coefficient (Wildman–Crippen LogP) is 5.92. The first-order valence-electron chi connectivity index (χ1n) is 10.7. The molecule has 1 saturated carbocycles. The summed E-state index contributed by atoms with van der Waals surface area (Å²) in [4.78, 5) is 13.6. The summed E-state index contributed by atoms with van der Waals surface area (Å²) in [5.74, 6) is 1.08. The van der Waals surface area contributed by atoms with Crippen molar-refractivity contribution in [2.45, 2.75) is 64.0 Å². The van der Waals surface area contributed by atoms with Crippen LogP contribution >= 0.6 is 0 Å². The smallest absolute Gasteiger partial charge is 0.336 e. The molecule has 1 aliphatic rings. The Bertz CT molecular complexity index is 766. The topological polar surface area (TPSA) is 47.6 Å². The van der Waals surface area contributed by atoms with Gasteiger partial charge in [-0.15, -0.1) is 0 Å². The molecule has 0 heterocycles. The molecule has 0 radical (unpaired) electrons. The minimum absolute atomic E-state index is 0.172. The minimum atomic E-state index is -0.915. The van der Waals surface area contributed by atoms with Crippen LogP contribution in [0.4, 0.5) is 5.69 Å². The molecule has 3 rings (SSSR count). The molecule has 1 fully saturated rings. The quantitative estimate of drug-likeness (QED) is 0.563. The lowest BCUT2D eigenvalue weighted by molar-refractivity contribution is -0.154. The van der Waals surface area contributed by atoms with E-state index in [0.717, 1.165) is 36.3 Å². The second kappa shape index (κ2) is 9.82. The van der Waals surface area contributed by atoms with Crippen LogP contribution in [0, 0.1) is 5.92 Å². The molecule has 4 nitrogen and oxygen atoms in total. The van der Waals surface area contributed by atoms with E-state index >= 15 is 0 Å². The third kappa shape index (κ3) is 5.31. The third-order valence-electron chi connectivity index (χ3n) is 5.73. The minimum Gasteiger partial charge on any atom is -0.497 e. The Labute approximate surface area is 174 Å². The summed E-state index contributed by atoms with van der Waals surface area (Å²) in [7, 11) is 1.65. The van der Waals surface area contributed by atoms with Gasteiger partial charge in [0.2, 0.25) is 0 Å². The number of carbonyl (C=O) groups excluding carboxylic acids is 1. The van der Waals surface area contributed by atoms with E-state index in [1.54, 1.807) is 7.11 Å². The Kier molecular flexibility index (Phi) is 7.18. The van der Waals surface area contributed by atoms with Crippen molar-refractivity contribution >= 4 is 11.7 Å². The number of rotatable bonds is 8. The maximum atomic E-state index is 13.6. The monoisotopic (exact) mass is 395 g/mol. The van der Waals surface area contributed by atoms with Crippen molar-refractivity contribution in [1.29, 1.82) is 0 Å². The molecule has 2 aromatic rings. The zero-order valence-electron chi connectivity index (χ0n) is 17.8. The summed E-state index contributed by atoms with van der Waals surface area (Å²) in [6, 6.07) is 17.8. The zero-order valence-corrected chi connectivity index (χ0v) is 17.8. The van der Waals surface area contributed by atoms with Crippen LogP contribution in [0.25, 0.3) is 0 Å². The predicted molar refractivity (Wildman–Crippen MR) is 117 cm³/mol. The highest BCUT2D eigenvalue weighted by atomic mass is 16.5. The first-order valence-corrected chi connectivity index (χ1v) is 10.7. The molecule has 4 heteroatoms. The standard InChI is InChI=1S/C25H33NO3/c1-19(2)29-24(27)25(21-12-8-5-9-13-21,18-20-10-6-4-7-11-20)26-22-14-16-23(28-3)17-15-22/h5,8-9,12-17,19-20,26H,4,6-7,10-11,18H2,1-3H3/t25-/m0/s1. The van der Waals surface area contributed by atoms with Gasteiger partial charge >= 0.3 is 5.97 Å². The normalized spacial score (nSPS) is 16.8. The van der Waals surface area contributed by atoms with Crippen molar-refractivity contribution in [3.63, 3.8) is 0 Å². The fraction of sp³-hybridized carbons (Fsp3) is 0.480. The highest BCUT2D eigenvalue weighted by Gasteiger charge is 2.44. The molecule has 0 amide bonds. The van der Waals surface area contributed by atoms with Gasteiger partial charge in [0.25, 0.3) is 0 Å². The number of carbonyl (C=O) groups is 1. The average Bonchev–Trinajstić information content (AvgIpc) is 2.74. The van der Waals surface area contributed by atoms with Crippen molar-refractivity contribution in [3.8, 4) is 5.75 Å². The molecular weight excluding hydrogens is 362 g/mol. The van der Waals surface area contributed by atoms with Crippen LogP contribution in [0.15, 0.2) is 54.6 Å². The van der Waals surface area contributed by atoms with E-state index in [-0.39, 0.29) is 12.1 Å². The molecule has 29 heavy (non-hydrogen) atoms. The van der Waals surface area contributed by atoms with Crippen LogP contribution < -0.4 is 10.1 Å². The summed E-state index contributed by atoms with van der Waals surface area (Å²) < 4.78 is 11.1. The lowest BCUT2D eigenvalue weighted by Gasteiger charge is -2.38. The van der Waals surface area contributed by atoms with Crippen molar-refractivity contribution < 1.29 is 14.3 Å². The molecule has 0 aromatic heterocycles. The van der Waals surface area contributed by atoms with E-state index in [1.165, 1.54) is 19.3 Å². The summed E-state index contributed by atoms with van der Waals surface area (Å²) >= 11 is 0. The van der Waals surface area contributed by atoms with Crippen molar-refractivity contribution in [2.75, 3.05) is 12.4 Å². The Hall–Kier alpha value is -2.49. The second-order valence-electron chi connectivity index (χ2n) is 8.29. The van der Waals surface area contributed by atoms with Crippen LogP contribution in [-0.4, -0.2) is 19.2 Å². The van der Waals surface area contributed by atoms with Gasteiger partial charge in [-0.1, -0.05) is 62.4 Å². The summed E-state index contributed by atoms with van der Waals surface area (Å²) in [5.41, 5.74) is 0.917. The van der Waals surface area contributed by atoms with Crippen molar-refractivity contribution in [2.24, 2.45) is 5.92 Å². The van der Waals surface area contributed by atoms with Gasteiger partial charge in [0.1, 0.15) is 5.75 Å². The number of esters is 1. The molecule has 1 atom stereocenters. The van der Waals surface area contributed by atoms with Crippen LogP contribution in [-0.2, 0) is 15.1 Å². The molecule has 0 aliphatic heterocycles. The van der Waals surface area contributed by atoms with Crippen LogP contribution in [0.3, 0.4) is 0 Å². The number of methoxy groups -OCH3 is 1. The largest absolute Gasteiger partial charge is 0.497 e. The number of hydrogen-bond donors (Lipinski definition) is 1. The Morgan fingerprint density at radius 1 is 1.03 bits per heavy atom.